The summed E-state index contributed by atoms with van der Waals surface area (Å²) in [4.78, 5) is 16.4. The molecule has 0 spiro atoms. The minimum Gasteiger partial charge on any atom is -0.266 e. The van der Waals surface area contributed by atoms with Crippen molar-refractivity contribution in [2.75, 3.05) is 0 Å². The average molecular weight is 427 g/mol. The molecule has 0 radical (unpaired) electrons. The number of rotatable bonds is 5. The topological polar surface area (TPSA) is 93.9 Å². The molecule has 0 bridgehead atoms. The SMILES string of the molecule is O=C(NS(=O)(=O)c1cccnc1)c1nn(Cc2ccc(Cl)cc2)c2ccccc12. The molecule has 146 valence electrons. The first-order valence-corrected chi connectivity index (χ1v) is 10.5. The van der Waals surface area contributed by atoms with E-state index in [4.69, 9.17) is 11.6 Å². The van der Waals surface area contributed by atoms with Crippen LogP contribution in [0.5, 0.6) is 0 Å². The van der Waals surface area contributed by atoms with E-state index >= 15 is 0 Å². The van der Waals surface area contributed by atoms with E-state index in [1.165, 1.54) is 24.5 Å². The van der Waals surface area contributed by atoms with Gasteiger partial charge in [0.1, 0.15) is 4.90 Å². The van der Waals surface area contributed by atoms with Crippen LogP contribution in [0.15, 0.2) is 78.0 Å². The number of nitrogens with zero attached hydrogens (tertiary/aromatic N) is 3. The largest absolute Gasteiger partial charge is 0.286 e. The van der Waals surface area contributed by atoms with Crippen LogP contribution < -0.4 is 4.72 Å². The molecule has 0 atom stereocenters. The molecule has 0 saturated carbocycles. The summed E-state index contributed by atoms with van der Waals surface area (Å²) in [6.07, 6.45) is 2.62. The number of carbonyl (C=O) groups is 1. The molecule has 1 N–H and O–H groups in total. The van der Waals surface area contributed by atoms with E-state index in [1.807, 2.05) is 24.3 Å². The number of pyridine rings is 1. The van der Waals surface area contributed by atoms with Crippen molar-refractivity contribution in [3.8, 4) is 0 Å². The lowest BCUT2D eigenvalue weighted by Gasteiger charge is -2.05. The van der Waals surface area contributed by atoms with Crippen LogP contribution in [-0.2, 0) is 16.6 Å². The highest BCUT2D eigenvalue weighted by molar-refractivity contribution is 7.90. The molecule has 4 rings (SSSR count). The predicted molar refractivity (Wildman–Crippen MR) is 109 cm³/mol. The summed E-state index contributed by atoms with van der Waals surface area (Å²) in [5.41, 5.74) is 1.69. The number of carbonyl (C=O) groups excluding carboxylic acids is 1. The molecule has 0 aliphatic rings. The van der Waals surface area contributed by atoms with Crippen molar-refractivity contribution in [1.82, 2.24) is 19.5 Å². The molecule has 2 heterocycles. The van der Waals surface area contributed by atoms with E-state index in [-0.39, 0.29) is 10.6 Å². The van der Waals surface area contributed by atoms with E-state index < -0.39 is 15.9 Å². The monoisotopic (exact) mass is 426 g/mol. The van der Waals surface area contributed by atoms with Gasteiger partial charge in [-0.2, -0.15) is 5.10 Å². The number of amides is 1. The second kappa shape index (κ2) is 7.65. The first kappa shape index (κ1) is 19.1. The summed E-state index contributed by atoms with van der Waals surface area (Å²) in [6.45, 7) is 0.403. The van der Waals surface area contributed by atoms with Crippen molar-refractivity contribution in [3.63, 3.8) is 0 Å². The second-order valence-electron chi connectivity index (χ2n) is 6.27. The quantitative estimate of drug-likeness (QED) is 0.528. The third-order valence-corrected chi connectivity index (χ3v) is 5.86. The Labute approximate surface area is 172 Å². The molecule has 29 heavy (non-hydrogen) atoms. The molecule has 0 aliphatic carbocycles. The molecule has 0 aliphatic heterocycles. The maximum Gasteiger partial charge on any atom is 0.286 e. The minimum absolute atomic E-state index is 0.0297. The van der Waals surface area contributed by atoms with Gasteiger partial charge in [0.05, 0.1) is 12.1 Å². The standard InChI is InChI=1S/C20H15ClN4O3S/c21-15-9-7-14(8-10-15)13-25-18-6-2-1-5-17(18)19(23-25)20(26)24-29(27,28)16-4-3-11-22-12-16/h1-12H,13H2,(H,24,26). The third kappa shape index (κ3) is 3.98. The molecule has 2 aromatic carbocycles. The van der Waals surface area contributed by atoms with Gasteiger partial charge in [-0.05, 0) is 35.9 Å². The van der Waals surface area contributed by atoms with Gasteiger partial charge in [-0.15, -0.1) is 0 Å². The van der Waals surface area contributed by atoms with Crippen LogP contribution in [0, 0.1) is 0 Å². The van der Waals surface area contributed by atoms with E-state index in [9.17, 15) is 13.2 Å². The summed E-state index contributed by atoms with van der Waals surface area (Å²) in [5, 5.41) is 5.56. The fourth-order valence-electron chi connectivity index (χ4n) is 2.91. The fourth-order valence-corrected chi connectivity index (χ4v) is 3.96. The van der Waals surface area contributed by atoms with Gasteiger partial charge < -0.3 is 0 Å². The minimum atomic E-state index is -4.06. The zero-order chi connectivity index (χ0) is 20.4. The lowest BCUT2D eigenvalue weighted by Crippen LogP contribution is -2.31. The fraction of sp³-hybridized carbons (Fsp3) is 0.0500. The van der Waals surface area contributed by atoms with Crippen molar-refractivity contribution < 1.29 is 13.2 Å². The highest BCUT2D eigenvalue weighted by Gasteiger charge is 2.23. The average Bonchev–Trinajstić information content (AvgIpc) is 3.09. The van der Waals surface area contributed by atoms with Crippen molar-refractivity contribution in [2.24, 2.45) is 0 Å². The Morgan fingerprint density at radius 3 is 2.52 bits per heavy atom. The number of nitrogens with one attached hydrogen (secondary N) is 1. The maximum absolute atomic E-state index is 12.8. The van der Waals surface area contributed by atoms with Crippen LogP contribution in [0.4, 0.5) is 0 Å². The van der Waals surface area contributed by atoms with Crippen LogP contribution >= 0.6 is 11.6 Å². The van der Waals surface area contributed by atoms with Crippen LogP contribution in [0.3, 0.4) is 0 Å². The lowest BCUT2D eigenvalue weighted by atomic mass is 10.2. The van der Waals surface area contributed by atoms with Gasteiger partial charge in [0.15, 0.2) is 5.69 Å². The summed E-state index contributed by atoms with van der Waals surface area (Å²) in [7, 11) is -4.06. The maximum atomic E-state index is 12.8. The normalized spacial score (nSPS) is 11.5. The number of para-hydroxylation sites is 1. The van der Waals surface area contributed by atoms with Crippen LogP contribution in [0.25, 0.3) is 10.9 Å². The molecule has 0 unspecified atom stereocenters. The van der Waals surface area contributed by atoms with Crippen LogP contribution in [0.2, 0.25) is 5.02 Å². The number of halogens is 1. The smallest absolute Gasteiger partial charge is 0.266 e. The Balaban J connectivity index is 1.69. The van der Waals surface area contributed by atoms with E-state index in [0.717, 1.165) is 5.56 Å². The number of fused-ring (bicyclic) bond motifs is 1. The summed E-state index contributed by atoms with van der Waals surface area (Å²) >= 11 is 5.93. The summed E-state index contributed by atoms with van der Waals surface area (Å²) < 4.78 is 28.6. The Morgan fingerprint density at radius 2 is 1.79 bits per heavy atom. The third-order valence-electron chi connectivity index (χ3n) is 4.29. The van der Waals surface area contributed by atoms with Gasteiger partial charge in [-0.25, -0.2) is 13.1 Å². The van der Waals surface area contributed by atoms with Crippen molar-refractivity contribution in [2.45, 2.75) is 11.4 Å². The molecular weight excluding hydrogens is 412 g/mol. The Bertz CT molecular complexity index is 1290. The number of aromatic nitrogens is 3. The van der Waals surface area contributed by atoms with Gasteiger partial charge >= 0.3 is 0 Å². The molecule has 1 amide bonds. The molecule has 4 aromatic rings. The highest BCUT2D eigenvalue weighted by Crippen LogP contribution is 2.21. The van der Waals surface area contributed by atoms with Gasteiger partial charge in [0.2, 0.25) is 0 Å². The Morgan fingerprint density at radius 1 is 1.03 bits per heavy atom. The van der Waals surface area contributed by atoms with Crippen LogP contribution in [-0.4, -0.2) is 29.1 Å². The number of hydrogen-bond donors (Lipinski definition) is 1. The van der Waals surface area contributed by atoms with E-state index in [0.29, 0.717) is 22.5 Å². The predicted octanol–water partition coefficient (Wildman–Crippen LogP) is 3.25. The molecule has 2 aromatic heterocycles. The molecule has 9 heteroatoms. The zero-order valence-electron chi connectivity index (χ0n) is 15.0. The van der Waals surface area contributed by atoms with E-state index in [2.05, 4.69) is 14.8 Å². The van der Waals surface area contributed by atoms with Gasteiger partial charge in [0.25, 0.3) is 15.9 Å². The van der Waals surface area contributed by atoms with Crippen molar-refractivity contribution in [3.05, 3.63) is 89.3 Å². The molecular formula is C20H15ClN4O3S. The summed E-state index contributed by atoms with van der Waals surface area (Å²) in [5.74, 6) is -0.806. The van der Waals surface area contributed by atoms with E-state index in [1.54, 1.807) is 28.9 Å². The van der Waals surface area contributed by atoms with Crippen molar-refractivity contribution in [1.29, 1.82) is 0 Å². The number of sulfonamides is 1. The second-order valence-corrected chi connectivity index (χ2v) is 8.39. The molecule has 0 saturated heterocycles. The first-order chi connectivity index (χ1) is 13.9. The molecule has 0 fully saturated rings. The first-order valence-electron chi connectivity index (χ1n) is 8.61. The zero-order valence-corrected chi connectivity index (χ0v) is 16.6. The van der Waals surface area contributed by atoms with Gasteiger partial charge in [-0.1, -0.05) is 41.9 Å². The van der Waals surface area contributed by atoms with Gasteiger partial charge in [-0.3, -0.25) is 14.5 Å². The Hall–Kier alpha value is -3.23. The lowest BCUT2D eigenvalue weighted by molar-refractivity contribution is 0.0977. The number of benzene rings is 2. The van der Waals surface area contributed by atoms with Crippen molar-refractivity contribution >= 4 is 38.4 Å². The van der Waals surface area contributed by atoms with Gasteiger partial charge in [0, 0.05) is 22.8 Å². The molecule has 7 nitrogen and oxygen atoms in total. The number of hydrogen-bond acceptors (Lipinski definition) is 5. The summed E-state index contributed by atoms with van der Waals surface area (Å²) in [6, 6.07) is 17.3. The Kier molecular flexibility index (Phi) is 5.04. The highest BCUT2D eigenvalue weighted by atomic mass is 35.5. The van der Waals surface area contributed by atoms with Crippen LogP contribution in [0.1, 0.15) is 16.1 Å².